The summed E-state index contributed by atoms with van der Waals surface area (Å²) in [5.41, 5.74) is -0.310. The Kier molecular flexibility index (Phi) is 9.07. The molecule has 0 bridgehead atoms. The van der Waals surface area contributed by atoms with Gasteiger partial charge in [0.25, 0.3) is 5.56 Å². The number of aromatic nitrogens is 2. The van der Waals surface area contributed by atoms with Crippen molar-refractivity contribution in [2.45, 2.75) is 25.6 Å². The molecule has 0 aliphatic heterocycles. The first-order valence-corrected chi connectivity index (χ1v) is 11.3. The molecule has 11 heteroatoms. The van der Waals surface area contributed by atoms with Gasteiger partial charge in [-0.15, -0.1) is 0 Å². The molecule has 1 amide bonds. The van der Waals surface area contributed by atoms with E-state index < -0.39 is 23.4 Å². The van der Waals surface area contributed by atoms with Crippen LogP contribution in [0.1, 0.15) is 24.0 Å². The number of carbonyl (C=O) groups excluding carboxylic acids is 1. The summed E-state index contributed by atoms with van der Waals surface area (Å²) < 4.78 is 46.2. The molecular weight excluding hydrogens is 475 g/mol. The summed E-state index contributed by atoms with van der Waals surface area (Å²) in [6.45, 7) is 1.26. The molecule has 0 aliphatic rings. The molecule has 2 aromatic carbocycles. The molecule has 2 N–H and O–H groups in total. The summed E-state index contributed by atoms with van der Waals surface area (Å²) in [5, 5.41) is 9.44. The van der Waals surface area contributed by atoms with Crippen molar-refractivity contribution in [1.82, 2.24) is 14.7 Å². The van der Waals surface area contributed by atoms with E-state index in [0.717, 1.165) is 30.1 Å². The van der Waals surface area contributed by atoms with Crippen LogP contribution in [0.4, 0.5) is 35.2 Å². The summed E-state index contributed by atoms with van der Waals surface area (Å²) in [7, 11) is 3.95. The Bertz CT molecular complexity index is 1230. The van der Waals surface area contributed by atoms with Crippen molar-refractivity contribution >= 4 is 23.3 Å². The Morgan fingerprint density at radius 2 is 1.83 bits per heavy atom. The standard InChI is InChI=1S/C25H28F3N5O3/c1-32(2)14-5-6-15-36-24(35)29-19-9-7-8-18(16-19)17-33-23(34)13-12-22(31-33)30-21-11-4-3-10-20(21)25(26,27)28/h3-4,7-13,16H,5-6,14-15,17H2,1-2H3,(H,29,35)(H,30,31). The number of unbranched alkanes of at least 4 members (excludes halogenated alkanes) is 1. The molecule has 0 fully saturated rings. The third-order valence-corrected chi connectivity index (χ3v) is 5.10. The number of carbonyl (C=O) groups is 1. The van der Waals surface area contributed by atoms with Gasteiger partial charge in [0.15, 0.2) is 5.82 Å². The smallest absolute Gasteiger partial charge is 0.418 e. The van der Waals surface area contributed by atoms with E-state index in [4.69, 9.17) is 4.74 Å². The number of amides is 1. The molecule has 1 heterocycles. The summed E-state index contributed by atoms with van der Waals surface area (Å²) in [5.74, 6) is 0.0819. The van der Waals surface area contributed by atoms with E-state index in [1.54, 1.807) is 24.3 Å². The van der Waals surface area contributed by atoms with Gasteiger partial charge in [0, 0.05) is 11.8 Å². The number of halogens is 3. The van der Waals surface area contributed by atoms with Gasteiger partial charge in [-0.05, 0) is 69.4 Å². The zero-order chi connectivity index (χ0) is 26.1. The van der Waals surface area contributed by atoms with Crippen LogP contribution in [-0.2, 0) is 17.5 Å². The minimum absolute atomic E-state index is 0.0460. The largest absolute Gasteiger partial charge is 0.449 e. The summed E-state index contributed by atoms with van der Waals surface area (Å²) in [6, 6.07) is 14.4. The SMILES string of the molecule is CN(C)CCCCOC(=O)Nc1cccc(Cn2nc(Nc3ccccc3C(F)(F)F)ccc2=O)c1. The average molecular weight is 504 g/mol. The Labute approximate surface area is 206 Å². The zero-order valence-corrected chi connectivity index (χ0v) is 20.0. The third kappa shape index (κ3) is 8.12. The number of benzene rings is 2. The molecule has 3 aromatic rings. The van der Waals surface area contributed by atoms with Crippen LogP contribution in [0.25, 0.3) is 0 Å². The zero-order valence-electron chi connectivity index (χ0n) is 20.0. The van der Waals surface area contributed by atoms with Crippen LogP contribution in [0.15, 0.2) is 65.5 Å². The van der Waals surface area contributed by atoms with E-state index in [1.165, 1.54) is 30.3 Å². The molecule has 3 rings (SSSR count). The molecule has 0 saturated carbocycles. The van der Waals surface area contributed by atoms with Crippen molar-refractivity contribution in [3.8, 4) is 0 Å². The van der Waals surface area contributed by atoms with Gasteiger partial charge in [-0.25, -0.2) is 9.48 Å². The molecule has 1 aromatic heterocycles. The highest BCUT2D eigenvalue weighted by Gasteiger charge is 2.33. The number of para-hydroxylation sites is 1. The van der Waals surface area contributed by atoms with E-state index in [2.05, 4.69) is 20.6 Å². The molecule has 0 aliphatic carbocycles. The predicted molar refractivity (Wildman–Crippen MR) is 132 cm³/mol. The first-order chi connectivity index (χ1) is 17.1. The van der Waals surface area contributed by atoms with Crippen LogP contribution >= 0.6 is 0 Å². The maximum absolute atomic E-state index is 13.3. The second-order valence-corrected chi connectivity index (χ2v) is 8.35. The molecule has 192 valence electrons. The van der Waals surface area contributed by atoms with Gasteiger partial charge in [0.2, 0.25) is 0 Å². The van der Waals surface area contributed by atoms with Crippen molar-refractivity contribution in [2.75, 3.05) is 37.9 Å². The molecule has 0 atom stereocenters. The highest BCUT2D eigenvalue weighted by molar-refractivity contribution is 5.84. The van der Waals surface area contributed by atoms with Crippen molar-refractivity contribution in [1.29, 1.82) is 0 Å². The Hall–Kier alpha value is -3.86. The van der Waals surface area contributed by atoms with Gasteiger partial charge < -0.3 is 15.0 Å². The quantitative estimate of drug-likeness (QED) is 0.381. The second-order valence-electron chi connectivity index (χ2n) is 8.35. The van der Waals surface area contributed by atoms with Gasteiger partial charge in [-0.1, -0.05) is 24.3 Å². The third-order valence-electron chi connectivity index (χ3n) is 5.10. The van der Waals surface area contributed by atoms with Crippen LogP contribution in [-0.4, -0.2) is 48.0 Å². The first kappa shape index (κ1) is 26.7. The van der Waals surface area contributed by atoms with Gasteiger partial charge in [-0.3, -0.25) is 10.1 Å². The van der Waals surface area contributed by atoms with E-state index >= 15 is 0 Å². The molecule has 0 spiro atoms. The Morgan fingerprint density at radius 3 is 2.58 bits per heavy atom. The molecule has 0 saturated heterocycles. The minimum Gasteiger partial charge on any atom is -0.449 e. The van der Waals surface area contributed by atoms with Crippen LogP contribution in [0, 0.1) is 0 Å². The molecule has 0 unspecified atom stereocenters. The summed E-state index contributed by atoms with van der Waals surface area (Å²) >= 11 is 0. The fourth-order valence-corrected chi connectivity index (χ4v) is 3.38. The fraction of sp³-hybridized carbons (Fsp3) is 0.320. The van der Waals surface area contributed by atoms with Crippen LogP contribution < -0.4 is 16.2 Å². The van der Waals surface area contributed by atoms with Gasteiger partial charge in [-0.2, -0.15) is 18.3 Å². The Balaban J connectivity index is 1.65. The van der Waals surface area contributed by atoms with Crippen LogP contribution in [0.5, 0.6) is 0 Å². The second kappa shape index (κ2) is 12.2. The van der Waals surface area contributed by atoms with Crippen molar-refractivity contribution < 1.29 is 22.7 Å². The first-order valence-electron chi connectivity index (χ1n) is 11.3. The number of anilines is 3. The number of nitrogens with one attached hydrogen (secondary N) is 2. The molecule has 8 nitrogen and oxygen atoms in total. The van der Waals surface area contributed by atoms with Crippen LogP contribution in [0.2, 0.25) is 0 Å². The normalized spacial score (nSPS) is 11.4. The summed E-state index contributed by atoms with van der Waals surface area (Å²) in [6.07, 6.45) is -3.47. The van der Waals surface area contributed by atoms with Crippen molar-refractivity contribution in [3.05, 3.63) is 82.1 Å². The molecule has 36 heavy (non-hydrogen) atoms. The van der Waals surface area contributed by atoms with Gasteiger partial charge in [0.05, 0.1) is 24.4 Å². The maximum Gasteiger partial charge on any atom is 0.418 e. The monoisotopic (exact) mass is 503 g/mol. The van der Waals surface area contributed by atoms with Crippen LogP contribution in [0.3, 0.4) is 0 Å². The van der Waals surface area contributed by atoms with Crippen molar-refractivity contribution in [2.24, 2.45) is 0 Å². The number of nitrogens with zero attached hydrogens (tertiary/aromatic N) is 3. The number of alkyl halides is 3. The lowest BCUT2D eigenvalue weighted by Crippen LogP contribution is -2.23. The molecular formula is C25H28F3N5O3. The minimum atomic E-state index is -4.54. The van der Waals surface area contributed by atoms with E-state index in [-0.39, 0.29) is 18.1 Å². The lowest BCUT2D eigenvalue weighted by Gasteiger charge is -2.14. The lowest BCUT2D eigenvalue weighted by molar-refractivity contribution is -0.136. The predicted octanol–water partition coefficient (Wildman–Crippen LogP) is 4.94. The maximum atomic E-state index is 13.3. The fourth-order valence-electron chi connectivity index (χ4n) is 3.38. The lowest BCUT2D eigenvalue weighted by atomic mass is 10.1. The van der Waals surface area contributed by atoms with E-state index in [9.17, 15) is 22.8 Å². The van der Waals surface area contributed by atoms with Crippen molar-refractivity contribution in [3.63, 3.8) is 0 Å². The Morgan fingerprint density at radius 1 is 1.06 bits per heavy atom. The molecule has 0 radical (unpaired) electrons. The number of rotatable bonds is 10. The topological polar surface area (TPSA) is 88.5 Å². The highest BCUT2D eigenvalue weighted by Crippen LogP contribution is 2.35. The highest BCUT2D eigenvalue weighted by atomic mass is 19.4. The number of hydrogen-bond acceptors (Lipinski definition) is 6. The van der Waals surface area contributed by atoms with Gasteiger partial charge >= 0.3 is 12.3 Å². The van der Waals surface area contributed by atoms with E-state index in [0.29, 0.717) is 17.9 Å². The van der Waals surface area contributed by atoms with E-state index in [1.807, 2.05) is 14.1 Å². The number of ether oxygens (including phenoxy) is 1. The summed E-state index contributed by atoms with van der Waals surface area (Å²) in [4.78, 5) is 26.4. The van der Waals surface area contributed by atoms with Gasteiger partial charge in [0.1, 0.15) is 0 Å². The number of hydrogen-bond donors (Lipinski definition) is 2. The average Bonchev–Trinajstić information content (AvgIpc) is 2.81.